The molecule has 17 heavy (non-hydrogen) atoms. The van der Waals surface area contributed by atoms with Crippen LogP contribution in [-0.2, 0) is 6.54 Å². The van der Waals surface area contributed by atoms with Gasteiger partial charge in [-0.3, -0.25) is 0 Å². The Bertz CT molecular complexity index is 317. The van der Waals surface area contributed by atoms with E-state index in [0.717, 1.165) is 18.8 Å². The Labute approximate surface area is 106 Å². The second-order valence-electron chi connectivity index (χ2n) is 4.81. The van der Waals surface area contributed by atoms with Crippen LogP contribution in [0.4, 0.5) is 0 Å². The minimum Gasteiger partial charge on any atom is -0.335 e. The molecule has 1 rings (SSSR count). The highest BCUT2D eigenvalue weighted by molar-refractivity contribution is 5.08. The molecule has 0 aliphatic carbocycles. The van der Waals surface area contributed by atoms with Crippen molar-refractivity contribution in [1.82, 2.24) is 14.9 Å². The summed E-state index contributed by atoms with van der Waals surface area (Å²) in [7, 11) is 0. The fraction of sp³-hybridized carbons (Fsp3) is 0.786. The maximum atomic E-state index is 4.33. The largest absolute Gasteiger partial charge is 0.335 e. The third-order valence-electron chi connectivity index (χ3n) is 3.47. The van der Waals surface area contributed by atoms with Crippen molar-refractivity contribution < 1.29 is 0 Å². The van der Waals surface area contributed by atoms with Crippen LogP contribution in [0.15, 0.2) is 6.33 Å². The molecule has 1 aromatic heterocycles. The first-order valence-corrected chi connectivity index (χ1v) is 6.90. The quantitative estimate of drug-likeness (QED) is 0.753. The Balaban J connectivity index is 2.28. The SMILES string of the molecule is CCCNC(CC)CCCn1cnc(C)c1C. The van der Waals surface area contributed by atoms with Gasteiger partial charge in [0, 0.05) is 18.3 Å². The lowest BCUT2D eigenvalue weighted by Crippen LogP contribution is -2.29. The van der Waals surface area contributed by atoms with Gasteiger partial charge in [-0.1, -0.05) is 13.8 Å². The van der Waals surface area contributed by atoms with Crippen LogP contribution in [0.25, 0.3) is 0 Å². The summed E-state index contributed by atoms with van der Waals surface area (Å²) in [5.74, 6) is 0. The van der Waals surface area contributed by atoms with Crippen LogP contribution in [0.3, 0.4) is 0 Å². The summed E-state index contributed by atoms with van der Waals surface area (Å²) in [5, 5.41) is 3.60. The Morgan fingerprint density at radius 1 is 1.35 bits per heavy atom. The molecule has 0 saturated carbocycles. The third-order valence-corrected chi connectivity index (χ3v) is 3.47. The van der Waals surface area contributed by atoms with E-state index < -0.39 is 0 Å². The molecule has 1 N–H and O–H groups in total. The summed E-state index contributed by atoms with van der Waals surface area (Å²) in [6, 6.07) is 0.680. The average Bonchev–Trinajstić information content (AvgIpc) is 2.65. The van der Waals surface area contributed by atoms with Gasteiger partial charge in [-0.25, -0.2) is 4.98 Å². The average molecular weight is 237 g/mol. The van der Waals surface area contributed by atoms with Crippen molar-refractivity contribution in [1.29, 1.82) is 0 Å². The minimum absolute atomic E-state index is 0.680. The predicted molar refractivity (Wildman–Crippen MR) is 73.3 cm³/mol. The lowest BCUT2D eigenvalue weighted by molar-refractivity contribution is 0.438. The summed E-state index contributed by atoms with van der Waals surface area (Å²) in [6.07, 6.45) is 6.89. The van der Waals surface area contributed by atoms with E-state index in [0.29, 0.717) is 6.04 Å². The van der Waals surface area contributed by atoms with Gasteiger partial charge in [0.05, 0.1) is 12.0 Å². The maximum Gasteiger partial charge on any atom is 0.0951 e. The van der Waals surface area contributed by atoms with Crippen molar-refractivity contribution in [3.8, 4) is 0 Å². The zero-order valence-electron chi connectivity index (χ0n) is 11.8. The standard InChI is InChI=1S/C14H27N3/c1-5-9-15-14(6-2)8-7-10-17-11-16-12(3)13(17)4/h11,14-15H,5-10H2,1-4H3. The maximum absolute atomic E-state index is 4.33. The van der Waals surface area contributed by atoms with E-state index in [-0.39, 0.29) is 0 Å². The Morgan fingerprint density at radius 3 is 2.65 bits per heavy atom. The molecular formula is C14H27N3. The van der Waals surface area contributed by atoms with Crippen LogP contribution in [0, 0.1) is 13.8 Å². The van der Waals surface area contributed by atoms with E-state index >= 15 is 0 Å². The normalized spacial score (nSPS) is 12.9. The first-order valence-electron chi connectivity index (χ1n) is 6.90. The molecule has 1 atom stereocenters. The summed E-state index contributed by atoms with van der Waals surface area (Å²) in [4.78, 5) is 4.33. The molecule has 0 amide bonds. The number of hydrogen-bond acceptors (Lipinski definition) is 2. The summed E-state index contributed by atoms with van der Waals surface area (Å²) < 4.78 is 2.27. The molecule has 0 saturated heterocycles. The van der Waals surface area contributed by atoms with E-state index in [1.54, 1.807) is 0 Å². The van der Waals surface area contributed by atoms with Crippen LogP contribution >= 0.6 is 0 Å². The number of nitrogens with one attached hydrogen (secondary N) is 1. The number of imidazole rings is 1. The van der Waals surface area contributed by atoms with Crippen LogP contribution in [-0.4, -0.2) is 22.1 Å². The van der Waals surface area contributed by atoms with Gasteiger partial charge >= 0.3 is 0 Å². The van der Waals surface area contributed by atoms with Crippen LogP contribution < -0.4 is 5.32 Å². The van der Waals surface area contributed by atoms with Crippen LogP contribution in [0.5, 0.6) is 0 Å². The van der Waals surface area contributed by atoms with E-state index in [9.17, 15) is 0 Å². The van der Waals surface area contributed by atoms with Gasteiger partial charge in [0.1, 0.15) is 0 Å². The smallest absolute Gasteiger partial charge is 0.0951 e. The molecule has 1 heterocycles. The fourth-order valence-corrected chi connectivity index (χ4v) is 2.08. The Morgan fingerprint density at radius 2 is 2.12 bits per heavy atom. The van der Waals surface area contributed by atoms with Crippen molar-refractivity contribution >= 4 is 0 Å². The van der Waals surface area contributed by atoms with Gasteiger partial charge in [-0.15, -0.1) is 0 Å². The number of aromatic nitrogens is 2. The van der Waals surface area contributed by atoms with E-state index in [4.69, 9.17) is 0 Å². The molecule has 1 unspecified atom stereocenters. The monoisotopic (exact) mass is 237 g/mol. The van der Waals surface area contributed by atoms with Gasteiger partial charge in [0.25, 0.3) is 0 Å². The topological polar surface area (TPSA) is 29.9 Å². The van der Waals surface area contributed by atoms with E-state index in [1.807, 2.05) is 6.33 Å². The molecule has 0 aromatic carbocycles. The molecule has 0 aliphatic heterocycles. The number of nitrogens with zero attached hydrogens (tertiary/aromatic N) is 2. The molecular weight excluding hydrogens is 210 g/mol. The second kappa shape index (κ2) is 7.49. The lowest BCUT2D eigenvalue weighted by atomic mass is 10.1. The summed E-state index contributed by atoms with van der Waals surface area (Å²) >= 11 is 0. The number of hydrogen-bond donors (Lipinski definition) is 1. The molecule has 0 radical (unpaired) electrons. The molecule has 0 bridgehead atoms. The third kappa shape index (κ3) is 4.50. The predicted octanol–water partition coefficient (Wildman–Crippen LogP) is 3.06. The van der Waals surface area contributed by atoms with Gasteiger partial charge < -0.3 is 9.88 Å². The Kier molecular flexibility index (Phi) is 6.27. The summed E-state index contributed by atoms with van der Waals surface area (Å²) in [5.41, 5.74) is 2.46. The highest BCUT2D eigenvalue weighted by Gasteiger charge is 2.06. The van der Waals surface area contributed by atoms with Crippen molar-refractivity contribution in [2.24, 2.45) is 0 Å². The highest BCUT2D eigenvalue weighted by atomic mass is 15.0. The van der Waals surface area contributed by atoms with Gasteiger partial charge in [0.15, 0.2) is 0 Å². The van der Waals surface area contributed by atoms with Gasteiger partial charge in [-0.2, -0.15) is 0 Å². The van der Waals surface area contributed by atoms with Crippen molar-refractivity contribution in [3.63, 3.8) is 0 Å². The lowest BCUT2D eigenvalue weighted by Gasteiger charge is -2.16. The first kappa shape index (κ1) is 14.2. The summed E-state index contributed by atoms with van der Waals surface area (Å²) in [6.45, 7) is 10.9. The van der Waals surface area contributed by atoms with Crippen molar-refractivity contribution in [3.05, 3.63) is 17.7 Å². The first-order chi connectivity index (χ1) is 8.19. The number of rotatable bonds is 8. The number of aryl methyl sites for hydroxylation is 2. The Hall–Kier alpha value is -0.830. The minimum atomic E-state index is 0.680. The molecule has 0 aliphatic rings. The van der Waals surface area contributed by atoms with E-state index in [1.165, 1.54) is 31.4 Å². The molecule has 3 nitrogen and oxygen atoms in total. The van der Waals surface area contributed by atoms with Crippen LogP contribution in [0.1, 0.15) is 50.9 Å². The molecule has 0 spiro atoms. The molecule has 0 fully saturated rings. The fourth-order valence-electron chi connectivity index (χ4n) is 2.08. The zero-order chi connectivity index (χ0) is 12.7. The highest BCUT2D eigenvalue weighted by Crippen LogP contribution is 2.08. The zero-order valence-corrected chi connectivity index (χ0v) is 11.8. The molecule has 98 valence electrons. The van der Waals surface area contributed by atoms with Gasteiger partial charge in [0.2, 0.25) is 0 Å². The van der Waals surface area contributed by atoms with Crippen LogP contribution in [0.2, 0.25) is 0 Å². The van der Waals surface area contributed by atoms with E-state index in [2.05, 4.69) is 42.6 Å². The molecule has 3 heteroatoms. The second-order valence-corrected chi connectivity index (χ2v) is 4.81. The van der Waals surface area contributed by atoms with Crippen molar-refractivity contribution in [2.45, 2.75) is 66.0 Å². The van der Waals surface area contributed by atoms with Gasteiger partial charge in [-0.05, 0) is 46.1 Å². The van der Waals surface area contributed by atoms with Crippen molar-refractivity contribution in [2.75, 3.05) is 6.54 Å². The molecule has 1 aromatic rings.